The van der Waals surface area contributed by atoms with Gasteiger partial charge in [0.1, 0.15) is 11.4 Å². The minimum Gasteiger partial charge on any atom is -0.484 e. The van der Waals surface area contributed by atoms with Gasteiger partial charge in [0, 0.05) is 19.1 Å². The van der Waals surface area contributed by atoms with Crippen molar-refractivity contribution in [1.29, 1.82) is 0 Å². The van der Waals surface area contributed by atoms with Gasteiger partial charge < -0.3 is 31.2 Å². The van der Waals surface area contributed by atoms with Crippen LogP contribution in [0, 0.1) is 0 Å². The van der Waals surface area contributed by atoms with Crippen LogP contribution in [0.2, 0.25) is 0 Å². The summed E-state index contributed by atoms with van der Waals surface area (Å²) in [7, 11) is 0. The number of nitrogens with zero attached hydrogens (tertiary/aromatic N) is 1. The molecule has 32 heavy (non-hydrogen) atoms. The van der Waals surface area contributed by atoms with E-state index in [2.05, 4.69) is 27.9 Å². The van der Waals surface area contributed by atoms with Crippen molar-refractivity contribution in [2.75, 3.05) is 19.7 Å². The Kier molecular flexibility index (Phi) is 12.0. The number of benzene rings is 1. The molecular formula is C23H39N5O4. The molecule has 1 aromatic carbocycles. The maximum absolute atomic E-state index is 12.0. The first-order chi connectivity index (χ1) is 15.1. The zero-order chi connectivity index (χ0) is 24.0. The third-order valence-corrected chi connectivity index (χ3v) is 4.18. The average Bonchev–Trinajstić information content (AvgIpc) is 2.71. The summed E-state index contributed by atoms with van der Waals surface area (Å²) in [5.74, 6) is 0.699. The molecule has 0 radical (unpaired) electrons. The zero-order valence-corrected chi connectivity index (χ0v) is 20.0. The first-order valence-electron chi connectivity index (χ1n) is 11.1. The molecule has 1 atom stereocenters. The van der Waals surface area contributed by atoms with Crippen molar-refractivity contribution in [2.45, 2.75) is 72.1 Å². The van der Waals surface area contributed by atoms with Crippen LogP contribution in [0.1, 0.15) is 59.4 Å². The number of amides is 2. The van der Waals surface area contributed by atoms with Gasteiger partial charge in [0.15, 0.2) is 12.6 Å². The molecule has 0 aliphatic carbocycles. The van der Waals surface area contributed by atoms with Crippen LogP contribution < -0.4 is 26.4 Å². The normalized spacial score (nSPS) is 12.6. The van der Waals surface area contributed by atoms with E-state index in [0.717, 1.165) is 24.8 Å². The first-order valence-corrected chi connectivity index (χ1v) is 11.1. The average molecular weight is 450 g/mol. The van der Waals surface area contributed by atoms with Gasteiger partial charge in [-0.15, -0.1) is 0 Å². The molecule has 1 rings (SSSR count). The summed E-state index contributed by atoms with van der Waals surface area (Å²) < 4.78 is 10.7. The van der Waals surface area contributed by atoms with Gasteiger partial charge in [-0.05, 0) is 51.8 Å². The van der Waals surface area contributed by atoms with Crippen molar-refractivity contribution in [2.24, 2.45) is 10.7 Å². The van der Waals surface area contributed by atoms with Crippen LogP contribution in [0.4, 0.5) is 4.79 Å². The highest BCUT2D eigenvalue weighted by atomic mass is 16.6. The second-order valence-electron chi connectivity index (χ2n) is 8.46. The van der Waals surface area contributed by atoms with Gasteiger partial charge >= 0.3 is 6.09 Å². The van der Waals surface area contributed by atoms with E-state index in [4.69, 9.17) is 15.2 Å². The predicted molar refractivity (Wildman–Crippen MR) is 127 cm³/mol. The van der Waals surface area contributed by atoms with E-state index in [0.29, 0.717) is 31.3 Å². The van der Waals surface area contributed by atoms with E-state index in [1.165, 1.54) is 0 Å². The summed E-state index contributed by atoms with van der Waals surface area (Å²) in [6.45, 7) is 11.0. The number of rotatable bonds is 12. The quantitative estimate of drug-likeness (QED) is 0.287. The highest BCUT2D eigenvalue weighted by Gasteiger charge is 2.18. The Morgan fingerprint density at radius 1 is 1.19 bits per heavy atom. The molecule has 180 valence electrons. The van der Waals surface area contributed by atoms with Gasteiger partial charge in [0.2, 0.25) is 0 Å². The van der Waals surface area contributed by atoms with E-state index in [1.807, 2.05) is 45.9 Å². The fourth-order valence-corrected chi connectivity index (χ4v) is 2.77. The van der Waals surface area contributed by atoms with Gasteiger partial charge in [-0.3, -0.25) is 4.79 Å². The van der Waals surface area contributed by atoms with Crippen molar-refractivity contribution >= 4 is 18.0 Å². The molecule has 0 spiro atoms. The third kappa shape index (κ3) is 12.7. The fraction of sp³-hybridized carbons (Fsp3) is 0.609. The highest BCUT2D eigenvalue weighted by molar-refractivity contribution is 5.80. The second-order valence-corrected chi connectivity index (χ2v) is 8.46. The van der Waals surface area contributed by atoms with E-state index < -0.39 is 17.6 Å². The molecule has 0 bridgehead atoms. The minimum absolute atomic E-state index is 0.00510. The van der Waals surface area contributed by atoms with Crippen LogP contribution in [0.3, 0.4) is 0 Å². The molecule has 1 aromatic rings. The molecule has 2 amide bonds. The first kappa shape index (κ1) is 27.1. The molecule has 0 saturated carbocycles. The molecular weight excluding hydrogens is 410 g/mol. The number of ether oxygens (including phenoxy) is 2. The number of carbonyl (C=O) groups excluding carboxylic acids is 2. The lowest BCUT2D eigenvalue weighted by molar-refractivity contribution is -0.119. The topological polar surface area (TPSA) is 127 Å². The zero-order valence-electron chi connectivity index (χ0n) is 20.0. The Hall–Kier alpha value is -2.97. The largest absolute Gasteiger partial charge is 0.484 e. The van der Waals surface area contributed by atoms with Crippen LogP contribution in [-0.4, -0.2) is 49.3 Å². The number of alkyl carbamates (subject to hydrolysis) is 1. The van der Waals surface area contributed by atoms with Gasteiger partial charge in [-0.25, -0.2) is 9.79 Å². The van der Waals surface area contributed by atoms with Gasteiger partial charge in [0.05, 0.1) is 6.54 Å². The lowest BCUT2D eigenvalue weighted by atomic mass is 10.1. The summed E-state index contributed by atoms with van der Waals surface area (Å²) in [6, 6.07) is 7.38. The van der Waals surface area contributed by atoms with Crippen molar-refractivity contribution in [1.82, 2.24) is 16.0 Å². The Balaban J connectivity index is 2.78. The predicted octanol–water partition coefficient (Wildman–Crippen LogP) is 2.69. The molecule has 9 nitrogen and oxygen atoms in total. The maximum Gasteiger partial charge on any atom is 0.407 e. The standard InChI is InChI=1S/C23H39N5O4/c1-6-8-11-18(15-27-22(30)32-23(3,4)5)28-21(25-7-2)26-14-17-10-9-12-19(13-17)31-16-20(24)29/h9-10,12-13,18H,6-8,11,14-16H2,1-5H3,(H2,24,29)(H,27,30)(H2,25,26,28). The molecule has 1 unspecified atom stereocenters. The molecule has 0 aliphatic heterocycles. The molecule has 5 N–H and O–H groups in total. The monoisotopic (exact) mass is 449 g/mol. The van der Waals surface area contributed by atoms with Gasteiger partial charge in [-0.1, -0.05) is 31.9 Å². The summed E-state index contributed by atoms with van der Waals surface area (Å²) in [5.41, 5.74) is 5.52. The van der Waals surface area contributed by atoms with Crippen LogP contribution in [-0.2, 0) is 16.1 Å². The van der Waals surface area contributed by atoms with E-state index >= 15 is 0 Å². The molecule has 0 fully saturated rings. The number of aliphatic imine (C=N–C) groups is 1. The van der Waals surface area contributed by atoms with Gasteiger partial charge in [-0.2, -0.15) is 0 Å². The number of carbonyl (C=O) groups is 2. The SMILES string of the molecule is CCCCC(CNC(=O)OC(C)(C)C)NC(=NCc1cccc(OCC(N)=O)c1)NCC. The lowest BCUT2D eigenvalue weighted by Crippen LogP contribution is -2.49. The summed E-state index contributed by atoms with van der Waals surface area (Å²) in [4.78, 5) is 27.6. The Morgan fingerprint density at radius 3 is 2.56 bits per heavy atom. The summed E-state index contributed by atoms with van der Waals surface area (Å²) in [6.07, 6.45) is 2.52. The van der Waals surface area contributed by atoms with Crippen molar-refractivity contribution in [3.63, 3.8) is 0 Å². The lowest BCUT2D eigenvalue weighted by Gasteiger charge is -2.24. The number of guanidine groups is 1. The molecule has 0 aromatic heterocycles. The van der Waals surface area contributed by atoms with E-state index in [9.17, 15) is 9.59 Å². The number of hydrogen-bond donors (Lipinski definition) is 4. The summed E-state index contributed by atoms with van der Waals surface area (Å²) >= 11 is 0. The maximum atomic E-state index is 12.0. The van der Waals surface area contributed by atoms with Crippen LogP contribution in [0.25, 0.3) is 0 Å². The number of hydrogen-bond acceptors (Lipinski definition) is 5. The molecule has 0 aliphatic rings. The number of nitrogens with one attached hydrogen (secondary N) is 3. The molecule has 0 saturated heterocycles. The Bertz CT molecular complexity index is 746. The van der Waals surface area contributed by atoms with Crippen molar-refractivity contribution < 1.29 is 19.1 Å². The van der Waals surface area contributed by atoms with Crippen molar-refractivity contribution in [3.05, 3.63) is 29.8 Å². The van der Waals surface area contributed by atoms with Crippen molar-refractivity contribution in [3.8, 4) is 5.75 Å². The number of nitrogens with two attached hydrogens (primary N) is 1. The van der Waals surface area contributed by atoms with Crippen LogP contribution in [0.15, 0.2) is 29.3 Å². The van der Waals surface area contributed by atoms with Crippen LogP contribution in [0.5, 0.6) is 5.75 Å². The van der Waals surface area contributed by atoms with E-state index in [-0.39, 0.29) is 12.6 Å². The Morgan fingerprint density at radius 2 is 1.94 bits per heavy atom. The van der Waals surface area contributed by atoms with Gasteiger partial charge in [0.25, 0.3) is 5.91 Å². The third-order valence-electron chi connectivity index (χ3n) is 4.18. The molecule has 0 heterocycles. The second kappa shape index (κ2) is 14.2. The summed E-state index contributed by atoms with van der Waals surface area (Å²) in [5, 5.41) is 9.49. The fourth-order valence-electron chi connectivity index (χ4n) is 2.77. The minimum atomic E-state index is -0.539. The molecule has 9 heteroatoms. The number of unbranched alkanes of at least 4 members (excludes halogenated alkanes) is 1. The number of primary amides is 1. The smallest absolute Gasteiger partial charge is 0.407 e. The van der Waals surface area contributed by atoms with Crippen LogP contribution >= 0.6 is 0 Å². The van der Waals surface area contributed by atoms with E-state index in [1.54, 1.807) is 6.07 Å². The highest BCUT2D eigenvalue weighted by Crippen LogP contribution is 2.14. The Labute approximate surface area is 191 Å².